The molecule has 0 unspecified atom stereocenters. The van der Waals surface area contributed by atoms with Gasteiger partial charge in [-0.15, -0.1) is 0 Å². The SMILES string of the molecule is CC(C)(C)OC(=O)N1CC(COc2ccc(C(F)(F)F)cc2F)C1. The Bertz CT molecular complexity index is 604. The Morgan fingerprint density at radius 1 is 1.25 bits per heavy atom. The molecule has 4 nitrogen and oxygen atoms in total. The standard InChI is InChI=1S/C16H19F4NO3/c1-15(2,3)24-14(22)21-7-10(8-21)9-23-13-5-4-11(6-12(13)17)16(18,19)20/h4-6,10H,7-9H2,1-3H3. The summed E-state index contributed by atoms with van der Waals surface area (Å²) in [6.07, 6.45) is -5.03. The molecule has 2 rings (SSSR count). The number of likely N-dealkylation sites (tertiary alicyclic amines) is 1. The van der Waals surface area contributed by atoms with Gasteiger partial charge in [0.1, 0.15) is 5.60 Å². The van der Waals surface area contributed by atoms with Crippen LogP contribution in [0, 0.1) is 11.7 Å². The van der Waals surface area contributed by atoms with Crippen LogP contribution in [-0.4, -0.2) is 36.3 Å². The second kappa shape index (κ2) is 6.49. The lowest BCUT2D eigenvalue weighted by Gasteiger charge is -2.39. The van der Waals surface area contributed by atoms with E-state index in [4.69, 9.17) is 9.47 Å². The van der Waals surface area contributed by atoms with Gasteiger partial charge in [-0.05, 0) is 39.0 Å². The number of ether oxygens (including phenoxy) is 2. The maximum Gasteiger partial charge on any atom is 0.416 e. The zero-order valence-electron chi connectivity index (χ0n) is 13.6. The van der Waals surface area contributed by atoms with Crippen LogP contribution in [0.1, 0.15) is 26.3 Å². The highest BCUT2D eigenvalue weighted by molar-refractivity contribution is 5.69. The molecule has 0 N–H and O–H groups in total. The van der Waals surface area contributed by atoms with Crippen LogP contribution >= 0.6 is 0 Å². The molecule has 8 heteroatoms. The molecule has 1 amide bonds. The van der Waals surface area contributed by atoms with Crippen molar-refractivity contribution in [3.8, 4) is 5.75 Å². The van der Waals surface area contributed by atoms with E-state index in [9.17, 15) is 22.4 Å². The largest absolute Gasteiger partial charge is 0.490 e. The lowest BCUT2D eigenvalue weighted by Crippen LogP contribution is -2.53. The number of hydrogen-bond acceptors (Lipinski definition) is 3. The second-order valence-corrected chi connectivity index (χ2v) is 6.71. The minimum Gasteiger partial charge on any atom is -0.490 e. The van der Waals surface area contributed by atoms with E-state index >= 15 is 0 Å². The van der Waals surface area contributed by atoms with Gasteiger partial charge in [0, 0.05) is 19.0 Å². The van der Waals surface area contributed by atoms with Crippen molar-refractivity contribution in [2.45, 2.75) is 32.5 Å². The van der Waals surface area contributed by atoms with Gasteiger partial charge in [0.05, 0.1) is 12.2 Å². The van der Waals surface area contributed by atoms with Crippen molar-refractivity contribution in [1.82, 2.24) is 4.90 Å². The van der Waals surface area contributed by atoms with Crippen molar-refractivity contribution >= 4 is 6.09 Å². The molecule has 134 valence electrons. The molecule has 0 saturated carbocycles. The van der Waals surface area contributed by atoms with E-state index in [1.165, 1.54) is 4.90 Å². The molecule has 0 aliphatic carbocycles. The van der Waals surface area contributed by atoms with E-state index in [1.807, 2.05) is 0 Å². The second-order valence-electron chi connectivity index (χ2n) is 6.71. The van der Waals surface area contributed by atoms with Gasteiger partial charge in [-0.1, -0.05) is 0 Å². The predicted octanol–water partition coefficient (Wildman–Crippen LogP) is 4.09. The highest BCUT2D eigenvalue weighted by Gasteiger charge is 2.34. The fraction of sp³-hybridized carbons (Fsp3) is 0.562. The molecule has 1 aromatic rings. The number of alkyl halides is 3. The van der Waals surface area contributed by atoms with Gasteiger partial charge in [0.25, 0.3) is 0 Å². The third kappa shape index (κ3) is 4.75. The summed E-state index contributed by atoms with van der Waals surface area (Å²) >= 11 is 0. The fourth-order valence-corrected chi connectivity index (χ4v) is 2.15. The van der Waals surface area contributed by atoms with E-state index in [1.54, 1.807) is 20.8 Å². The van der Waals surface area contributed by atoms with Crippen LogP contribution in [0.25, 0.3) is 0 Å². The summed E-state index contributed by atoms with van der Waals surface area (Å²) in [7, 11) is 0. The first kappa shape index (κ1) is 18.4. The van der Waals surface area contributed by atoms with Crippen LogP contribution in [0.2, 0.25) is 0 Å². The highest BCUT2D eigenvalue weighted by Crippen LogP contribution is 2.32. The zero-order chi connectivity index (χ0) is 18.1. The van der Waals surface area contributed by atoms with Crippen LogP contribution in [-0.2, 0) is 10.9 Å². The van der Waals surface area contributed by atoms with Crippen molar-refractivity contribution in [1.29, 1.82) is 0 Å². The molecule has 24 heavy (non-hydrogen) atoms. The minimum absolute atomic E-state index is 0.0146. The molecule has 0 spiro atoms. The van der Waals surface area contributed by atoms with Gasteiger partial charge in [-0.2, -0.15) is 13.2 Å². The molecule has 1 aliphatic rings. The smallest absolute Gasteiger partial charge is 0.416 e. The number of benzene rings is 1. The Morgan fingerprint density at radius 2 is 1.88 bits per heavy atom. The molecule has 0 radical (unpaired) electrons. The van der Waals surface area contributed by atoms with Crippen molar-refractivity contribution in [3.63, 3.8) is 0 Å². The first-order valence-corrected chi connectivity index (χ1v) is 7.43. The molecule has 0 aromatic heterocycles. The number of amides is 1. The summed E-state index contributed by atoms with van der Waals surface area (Å²) in [6.45, 7) is 6.20. The van der Waals surface area contributed by atoms with E-state index in [-0.39, 0.29) is 18.3 Å². The number of carbonyl (C=O) groups is 1. The van der Waals surface area contributed by atoms with Crippen LogP contribution in [0.3, 0.4) is 0 Å². The predicted molar refractivity (Wildman–Crippen MR) is 78.2 cm³/mol. The van der Waals surface area contributed by atoms with Gasteiger partial charge in [0.2, 0.25) is 0 Å². The molecule has 1 fully saturated rings. The minimum atomic E-state index is -4.60. The highest BCUT2D eigenvalue weighted by atomic mass is 19.4. The molecule has 1 aliphatic heterocycles. The molecular formula is C16H19F4NO3. The number of hydrogen-bond donors (Lipinski definition) is 0. The Hall–Kier alpha value is -1.99. The molecule has 0 atom stereocenters. The van der Waals surface area contributed by atoms with Gasteiger partial charge < -0.3 is 14.4 Å². The van der Waals surface area contributed by atoms with Crippen molar-refractivity contribution < 1.29 is 31.8 Å². The summed E-state index contributed by atoms with van der Waals surface area (Å²) < 4.78 is 61.4. The zero-order valence-corrected chi connectivity index (χ0v) is 13.6. The first-order chi connectivity index (χ1) is 11.0. The maximum atomic E-state index is 13.6. The Kier molecular flexibility index (Phi) is 4.96. The summed E-state index contributed by atoms with van der Waals surface area (Å²) in [5.74, 6) is -1.31. The van der Waals surface area contributed by atoms with E-state index in [0.717, 1.165) is 12.1 Å². The summed E-state index contributed by atoms with van der Waals surface area (Å²) in [4.78, 5) is 13.2. The van der Waals surface area contributed by atoms with E-state index < -0.39 is 29.3 Å². The van der Waals surface area contributed by atoms with Gasteiger partial charge in [0.15, 0.2) is 11.6 Å². The Morgan fingerprint density at radius 3 is 2.38 bits per heavy atom. The number of carbonyl (C=O) groups excluding carboxylic acids is 1. The quantitative estimate of drug-likeness (QED) is 0.772. The molecular weight excluding hydrogens is 330 g/mol. The monoisotopic (exact) mass is 349 g/mol. The summed E-state index contributed by atoms with van der Waals surface area (Å²) in [6, 6.07) is 2.14. The lowest BCUT2D eigenvalue weighted by atomic mass is 10.0. The first-order valence-electron chi connectivity index (χ1n) is 7.43. The Balaban J connectivity index is 1.81. The van der Waals surface area contributed by atoms with Gasteiger partial charge >= 0.3 is 12.3 Å². The normalized spacial score (nSPS) is 15.9. The summed E-state index contributed by atoms with van der Waals surface area (Å²) in [5, 5.41) is 0. The lowest BCUT2D eigenvalue weighted by molar-refractivity contribution is -0.137. The number of nitrogens with zero attached hydrogens (tertiary/aromatic N) is 1. The maximum absolute atomic E-state index is 13.6. The van der Waals surface area contributed by atoms with Crippen LogP contribution in [0.15, 0.2) is 18.2 Å². The average Bonchev–Trinajstić information content (AvgIpc) is 2.35. The van der Waals surface area contributed by atoms with Crippen molar-refractivity contribution in [3.05, 3.63) is 29.6 Å². The summed E-state index contributed by atoms with van der Waals surface area (Å²) in [5.41, 5.74) is -1.64. The molecule has 1 saturated heterocycles. The average molecular weight is 349 g/mol. The van der Waals surface area contributed by atoms with E-state index in [0.29, 0.717) is 19.2 Å². The van der Waals surface area contributed by atoms with Gasteiger partial charge in [-0.3, -0.25) is 0 Å². The third-order valence-electron chi connectivity index (χ3n) is 3.34. The van der Waals surface area contributed by atoms with Crippen LogP contribution in [0.5, 0.6) is 5.75 Å². The topological polar surface area (TPSA) is 38.8 Å². The van der Waals surface area contributed by atoms with Crippen molar-refractivity contribution in [2.75, 3.05) is 19.7 Å². The molecule has 1 heterocycles. The van der Waals surface area contributed by atoms with Crippen molar-refractivity contribution in [2.24, 2.45) is 5.92 Å². The van der Waals surface area contributed by atoms with E-state index in [2.05, 4.69) is 0 Å². The van der Waals surface area contributed by atoms with Gasteiger partial charge in [-0.25, -0.2) is 9.18 Å². The molecule has 1 aromatic carbocycles. The Labute approximate surface area is 137 Å². The van der Waals surface area contributed by atoms with Crippen LogP contribution in [0.4, 0.5) is 22.4 Å². The third-order valence-corrected chi connectivity index (χ3v) is 3.34. The number of rotatable bonds is 3. The van der Waals surface area contributed by atoms with Crippen LogP contribution < -0.4 is 4.74 Å². The number of halogens is 4. The molecule has 0 bridgehead atoms. The fourth-order valence-electron chi connectivity index (χ4n) is 2.15.